The van der Waals surface area contributed by atoms with E-state index in [0.29, 0.717) is 33.1 Å². The second-order valence-electron chi connectivity index (χ2n) is 6.19. The first kappa shape index (κ1) is 19.3. The zero-order valence-corrected chi connectivity index (χ0v) is 17.2. The van der Waals surface area contributed by atoms with Gasteiger partial charge in [-0.1, -0.05) is 23.2 Å². The number of benzene rings is 1. The van der Waals surface area contributed by atoms with Gasteiger partial charge < -0.3 is 14.9 Å². The number of fused-ring (bicyclic) bond motifs is 1. The number of nitrogens with two attached hydrogens (primary N) is 1. The molecule has 8 heteroatoms. The van der Waals surface area contributed by atoms with Gasteiger partial charge in [-0.15, -0.1) is 0 Å². The van der Waals surface area contributed by atoms with E-state index in [4.69, 9.17) is 28.9 Å². The van der Waals surface area contributed by atoms with Gasteiger partial charge in [-0.05, 0) is 55.7 Å². The maximum Gasteiger partial charge on any atom is 0.171 e. The van der Waals surface area contributed by atoms with Gasteiger partial charge in [0.05, 0.1) is 10.5 Å². The second-order valence-corrected chi connectivity index (χ2v) is 8.58. The van der Waals surface area contributed by atoms with Gasteiger partial charge in [0.2, 0.25) is 0 Å². The third kappa shape index (κ3) is 3.64. The molecule has 0 saturated carbocycles. The fraction of sp³-hybridized carbons (Fsp3) is 0.333. The summed E-state index contributed by atoms with van der Waals surface area (Å²) in [6, 6.07) is 5.04. The highest BCUT2D eigenvalue weighted by atomic mass is 35.5. The highest BCUT2D eigenvalue weighted by Gasteiger charge is 2.18. The Hall–Kier alpha value is -1.47. The Morgan fingerprint density at radius 1 is 1.19 bits per heavy atom. The van der Waals surface area contributed by atoms with Gasteiger partial charge in [-0.25, -0.2) is 9.97 Å². The van der Waals surface area contributed by atoms with Gasteiger partial charge in [0.15, 0.2) is 10.7 Å². The SMILES string of the molecule is Cc1nc(N)c2nc(C)n(CCC[S+]([O-])c3ccc(Cl)cc3Cl)c2c1C. The monoisotopic (exact) mass is 410 g/mol. The minimum absolute atomic E-state index is 0.436. The number of aromatic nitrogens is 3. The molecule has 1 unspecified atom stereocenters. The zero-order valence-electron chi connectivity index (χ0n) is 14.8. The van der Waals surface area contributed by atoms with Crippen molar-refractivity contribution >= 4 is 51.2 Å². The number of hydrogen-bond donors (Lipinski definition) is 1. The Morgan fingerprint density at radius 2 is 1.92 bits per heavy atom. The summed E-state index contributed by atoms with van der Waals surface area (Å²) in [7, 11) is 0. The maximum atomic E-state index is 12.6. The number of pyridine rings is 1. The average Bonchev–Trinajstić information content (AvgIpc) is 2.90. The van der Waals surface area contributed by atoms with E-state index in [9.17, 15) is 4.55 Å². The topological polar surface area (TPSA) is 79.8 Å². The molecule has 5 nitrogen and oxygen atoms in total. The first-order valence-electron chi connectivity index (χ1n) is 8.22. The van der Waals surface area contributed by atoms with Crippen LogP contribution in [0.1, 0.15) is 23.5 Å². The van der Waals surface area contributed by atoms with E-state index in [-0.39, 0.29) is 0 Å². The first-order valence-corrected chi connectivity index (χ1v) is 10.3. The van der Waals surface area contributed by atoms with Crippen LogP contribution in [-0.2, 0) is 17.7 Å². The highest BCUT2D eigenvalue weighted by Crippen LogP contribution is 2.28. The molecule has 2 aromatic heterocycles. The van der Waals surface area contributed by atoms with E-state index in [1.54, 1.807) is 18.2 Å². The van der Waals surface area contributed by atoms with Gasteiger partial charge >= 0.3 is 0 Å². The Labute approximate surface area is 165 Å². The largest absolute Gasteiger partial charge is 0.611 e. The van der Waals surface area contributed by atoms with Gasteiger partial charge in [0.25, 0.3) is 0 Å². The maximum absolute atomic E-state index is 12.6. The van der Waals surface area contributed by atoms with Crippen molar-refractivity contribution in [3.05, 3.63) is 45.3 Å². The summed E-state index contributed by atoms with van der Waals surface area (Å²) in [5, 5.41) is 0.971. The molecule has 0 aliphatic rings. The van der Waals surface area contributed by atoms with Gasteiger partial charge in [0.1, 0.15) is 17.1 Å². The third-order valence-electron chi connectivity index (χ3n) is 4.44. The van der Waals surface area contributed by atoms with Crippen LogP contribution in [0.15, 0.2) is 23.1 Å². The van der Waals surface area contributed by atoms with Crippen LogP contribution in [0.3, 0.4) is 0 Å². The Bertz CT molecular complexity index is 974. The average molecular weight is 411 g/mol. The van der Waals surface area contributed by atoms with Crippen molar-refractivity contribution in [2.24, 2.45) is 0 Å². The molecule has 0 fully saturated rings. The molecule has 1 atom stereocenters. The molecular formula is C18H20Cl2N4OS. The highest BCUT2D eigenvalue weighted by molar-refractivity contribution is 7.91. The van der Waals surface area contributed by atoms with Crippen LogP contribution in [0, 0.1) is 20.8 Å². The molecule has 2 N–H and O–H groups in total. The fourth-order valence-corrected chi connectivity index (χ4v) is 4.78. The number of imidazole rings is 1. The molecule has 3 aromatic rings. The summed E-state index contributed by atoms with van der Waals surface area (Å²) in [6.07, 6.45) is 0.721. The Balaban J connectivity index is 1.79. The molecule has 0 amide bonds. The lowest BCUT2D eigenvalue weighted by atomic mass is 10.2. The molecule has 26 heavy (non-hydrogen) atoms. The van der Waals surface area contributed by atoms with Crippen LogP contribution in [0.2, 0.25) is 10.0 Å². The van der Waals surface area contributed by atoms with Crippen molar-refractivity contribution in [2.75, 3.05) is 11.5 Å². The van der Waals surface area contributed by atoms with Crippen molar-refractivity contribution in [1.29, 1.82) is 0 Å². The van der Waals surface area contributed by atoms with Gasteiger partial charge in [-0.3, -0.25) is 0 Å². The minimum atomic E-state index is -1.18. The molecule has 0 spiro atoms. The summed E-state index contributed by atoms with van der Waals surface area (Å²) in [4.78, 5) is 9.52. The lowest BCUT2D eigenvalue weighted by molar-refractivity contribution is 0.585. The molecular weight excluding hydrogens is 391 g/mol. The number of nitrogen functional groups attached to an aromatic ring is 1. The van der Waals surface area contributed by atoms with Crippen LogP contribution >= 0.6 is 23.2 Å². The molecule has 0 aliphatic carbocycles. The Kier molecular flexibility index (Phi) is 5.67. The number of aryl methyl sites for hydroxylation is 4. The minimum Gasteiger partial charge on any atom is -0.611 e. The summed E-state index contributed by atoms with van der Waals surface area (Å²) in [5.41, 5.74) is 9.72. The van der Waals surface area contributed by atoms with Crippen LogP contribution in [0.25, 0.3) is 11.0 Å². The van der Waals surface area contributed by atoms with E-state index in [1.165, 1.54) is 0 Å². The van der Waals surface area contributed by atoms with Crippen molar-refractivity contribution in [3.63, 3.8) is 0 Å². The first-order chi connectivity index (χ1) is 12.3. The van der Waals surface area contributed by atoms with Gasteiger partial charge in [0, 0.05) is 23.7 Å². The summed E-state index contributed by atoms with van der Waals surface area (Å²) >= 11 is 10.9. The molecule has 138 valence electrons. The van der Waals surface area contributed by atoms with E-state index in [1.807, 2.05) is 20.8 Å². The quantitative estimate of drug-likeness (QED) is 0.630. The van der Waals surface area contributed by atoms with Crippen LogP contribution in [0.4, 0.5) is 5.82 Å². The molecule has 1 aromatic carbocycles. The number of rotatable bonds is 5. The molecule has 0 saturated heterocycles. The molecule has 0 bridgehead atoms. The third-order valence-corrected chi connectivity index (χ3v) is 6.60. The number of nitrogens with zero attached hydrogens (tertiary/aromatic N) is 3. The summed E-state index contributed by atoms with van der Waals surface area (Å²) < 4.78 is 14.7. The van der Waals surface area contributed by atoms with Crippen LogP contribution in [-0.4, -0.2) is 24.8 Å². The Morgan fingerprint density at radius 3 is 2.62 bits per heavy atom. The van der Waals surface area contributed by atoms with Crippen molar-refractivity contribution < 1.29 is 4.55 Å². The lowest BCUT2D eigenvalue weighted by Crippen LogP contribution is -2.11. The predicted octanol–water partition coefficient (Wildman–Crippen LogP) is 4.44. The summed E-state index contributed by atoms with van der Waals surface area (Å²) in [6.45, 7) is 6.60. The van der Waals surface area contributed by atoms with Crippen molar-refractivity contribution in [1.82, 2.24) is 14.5 Å². The van der Waals surface area contributed by atoms with Crippen molar-refractivity contribution in [3.8, 4) is 0 Å². The zero-order chi connectivity index (χ0) is 19.0. The van der Waals surface area contributed by atoms with Crippen LogP contribution < -0.4 is 5.73 Å². The fourth-order valence-electron chi connectivity index (χ4n) is 3.01. The number of hydrogen-bond acceptors (Lipinski definition) is 4. The molecule has 0 radical (unpaired) electrons. The lowest BCUT2D eigenvalue weighted by Gasteiger charge is -2.14. The van der Waals surface area contributed by atoms with Gasteiger partial charge in [-0.2, -0.15) is 0 Å². The molecule has 3 rings (SSSR count). The van der Waals surface area contributed by atoms with Crippen LogP contribution in [0.5, 0.6) is 0 Å². The van der Waals surface area contributed by atoms with E-state index < -0.39 is 11.2 Å². The van der Waals surface area contributed by atoms with E-state index >= 15 is 0 Å². The normalized spacial score (nSPS) is 12.7. The molecule has 2 heterocycles. The standard InChI is InChI=1S/C18H20Cl2N4OS/c1-10-11(2)22-18(21)16-17(10)24(12(3)23-16)7-4-8-26(25)15-6-5-13(19)9-14(15)20/h5-6,9H,4,7-8H2,1-3H3,(H2,21,22). The molecule has 0 aliphatic heterocycles. The van der Waals surface area contributed by atoms with E-state index in [0.717, 1.165) is 34.5 Å². The predicted molar refractivity (Wildman–Crippen MR) is 109 cm³/mol. The van der Waals surface area contributed by atoms with Crippen molar-refractivity contribution in [2.45, 2.75) is 38.6 Å². The smallest absolute Gasteiger partial charge is 0.171 e. The number of halogens is 2. The number of anilines is 1. The van der Waals surface area contributed by atoms with E-state index in [2.05, 4.69) is 14.5 Å². The summed E-state index contributed by atoms with van der Waals surface area (Å²) in [5.74, 6) is 1.82. The second kappa shape index (κ2) is 7.64.